The van der Waals surface area contributed by atoms with Gasteiger partial charge in [-0.05, 0) is 213 Å². The number of fused-ring (bicyclic) bond motifs is 1. The predicted molar refractivity (Wildman–Crippen MR) is 476 cm³/mol. The fourth-order valence-corrected chi connectivity index (χ4v) is 13.3. The summed E-state index contributed by atoms with van der Waals surface area (Å²) in [6, 6.07) is 49.0. The number of nitrogens with one attached hydrogen (secondary N) is 1. The van der Waals surface area contributed by atoms with Crippen molar-refractivity contribution in [2.45, 2.75) is 125 Å². The molecule has 11 rings (SSSR count). The minimum Gasteiger partial charge on any atom is -0.459 e. The summed E-state index contributed by atoms with van der Waals surface area (Å²) in [7, 11) is 0. The highest BCUT2D eigenvalue weighted by Crippen LogP contribution is 2.37. The molecule has 0 spiro atoms. The highest BCUT2D eigenvalue weighted by molar-refractivity contribution is 6.41. The van der Waals surface area contributed by atoms with Gasteiger partial charge in [0.05, 0.1) is 37.6 Å². The lowest BCUT2D eigenvalue weighted by Crippen LogP contribution is -2.39. The third-order valence-electron chi connectivity index (χ3n) is 17.3. The molecule has 0 saturated heterocycles. The van der Waals surface area contributed by atoms with E-state index in [1.807, 2.05) is 30.3 Å². The molecule has 127 heavy (non-hydrogen) atoms. The number of carbonyl (C=O) groups excluding carboxylic acids is 9. The van der Waals surface area contributed by atoms with Gasteiger partial charge in [-0.3, -0.25) is 62.8 Å². The van der Waals surface area contributed by atoms with Gasteiger partial charge in [-0.15, -0.1) is 0 Å². The number of amides is 5. The van der Waals surface area contributed by atoms with Gasteiger partial charge >= 0.3 is 30.0 Å². The molecule has 19 nitrogen and oxygen atoms in total. The third-order valence-corrected chi connectivity index (χ3v) is 18.6. The van der Waals surface area contributed by atoms with Crippen LogP contribution in [-0.2, 0) is 49.3 Å². The van der Waals surface area contributed by atoms with E-state index in [2.05, 4.69) is 23.2 Å². The Balaban J connectivity index is 0.000000211. The van der Waals surface area contributed by atoms with E-state index in [1.165, 1.54) is 58.3 Å². The molecule has 0 aliphatic carbocycles. The second-order valence-corrected chi connectivity index (χ2v) is 33.9. The van der Waals surface area contributed by atoms with E-state index in [9.17, 15) is 78.3 Å². The molecule has 0 bridgehead atoms. The number of ether oxygens (including phenoxy) is 5. The lowest BCUT2D eigenvalue weighted by atomic mass is 10.0. The SMILES string of the molecule is C=Cc1ccc(-c2cccc(N(CC(=O)OC(C)(C)C)C(=O)c3c(F)cc(F)cc3F)c2)cc1.C=Cc1cccc(N(CC(=O)OC(C)(C)C)C(=O)c2c(Cl)cccc2Cl)c1.CC(C)(C)OC(=O)CN(C(=O)c1c(Cl)cccc1Cl)c1ccc2c(c1)CC(=O)N2.CC(C)(C)OC(=O)CN(C(=O)c1c(F)cc(F)cc1F)c1cccc(-c2ccc(OC(C)(F)F)cc2)c1. The first-order valence-electron chi connectivity index (χ1n) is 38.9. The molecule has 5 amide bonds. The maximum atomic E-state index is 14.4. The highest BCUT2D eigenvalue weighted by Gasteiger charge is 2.35. The number of rotatable bonds is 22. The summed E-state index contributed by atoms with van der Waals surface area (Å²) in [6.45, 7) is 26.5. The summed E-state index contributed by atoms with van der Waals surface area (Å²) < 4.78 is 137. The molecule has 0 unspecified atom stereocenters. The number of hydrogen-bond donors (Lipinski definition) is 1. The number of benzene rings is 10. The number of anilines is 5. The Labute approximate surface area is 749 Å². The number of esters is 4. The third kappa shape index (κ3) is 29.2. The number of halogens is 12. The topological polar surface area (TPSA) is 225 Å². The minimum atomic E-state index is -3.37. The molecule has 0 aromatic heterocycles. The monoisotopic (exact) mass is 1830 g/mol. The van der Waals surface area contributed by atoms with Gasteiger partial charge in [-0.25, -0.2) is 26.3 Å². The van der Waals surface area contributed by atoms with Crippen LogP contribution in [0.3, 0.4) is 0 Å². The van der Waals surface area contributed by atoms with Crippen molar-refractivity contribution in [3.05, 3.63) is 307 Å². The van der Waals surface area contributed by atoms with Gasteiger partial charge in [0.25, 0.3) is 23.6 Å². The number of alkyl halides is 2. The minimum absolute atomic E-state index is 0.0728. The second kappa shape index (κ2) is 42.5. The van der Waals surface area contributed by atoms with E-state index in [-0.39, 0.29) is 73.8 Å². The van der Waals surface area contributed by atoms with Crippen LogP contribution >= 0.6 is 46.4 Å². The highest BCUT2D eigenvalue weighted by atomic mass is 35.5. The number of hydrogen-bond acceptors (Lipinski definition) is 14. The molecule has 666 valence electrons. The average molecular weight is 1830 g/mol. The van der Waals surface area contributed by atoms with Crippen LogP contribution in [0.4, 0.5) is 63.6 Å². The van der Waals surface area contributed by atoms with Crippen molar-refractivity contribution >= 4 is 140 Å². The van der Waals surface area contributed by atoms with Crippen molar-refractivity contribution < 1.29 is 102 Å². The standard InChI is InChI=1S/C27H24F5NO4.C27H24F3NO3.C21H20Cl2N2O4.C21H21Cl2NO3/c1-26(2,3)37-23(34)15-33(25(35)24-21(29)13-18(28)14-22(24)30)19-7-5-6-17(12-19)16-8-10-20(11-9-16)36-27(4,31)32;1-5-17-9-11-18(12-10-17)19-7-6-8-21(13-19)31(16-24(32)34-27(2,3)4)26(33)25-22(29)14-20(28)15-23(25)30;1-21(2,3)29-18(27)11-25(20(28)19-14(22)5-4-6-15(19)23)13-7-8-16-12(9-13)10-17(26)24-16;1-5-14-8-6-9-15(12-14)24(13-18(25)27-21(2,3)4)20(26)19-16(22)10-7-11-17(19)23/h5-14H,15H2,1-4H3;5-15H,1,16H2,2-4H3;4-9H,10-11H2,1-3H3,(H,24,26);5-12H,1,13H2,2-4H3. The van der Waals surface area contributed by atoms with Crippen molar-refractivity contribution in [1.29, 1.82) is 0 Å². The number of nitrogens with zero attached hydrogens (tertiary/aromatic N) is 4. The van der Waals surface area contributed by atoms with E-state index in [0.29, 0.717) is 64.9 Å². The fourth-order valence-electron chi connectivity index (χ4n) is 12.2. The van der Waals surface area contributed by atoms with Gasteiger partial charge in [0.1, 0.15) is 100 Å². The van der Waals surface area contributed by atoms with Crippen LogP contribution in [0, 0.1) is 34.9 Å². The van der Waals surface area contributed by atoms with Crippen molar-refractivity contribution in [1.82, 2.24) is 0 Å². The van der Waals surface area contributed by atoms with Crippen molar-refractivity contribution in [3.8, 4) is 28.0 Å². The summed E-state index contributed by atoms with van der Waals surface area (Å²) in [6.07, 6.45) is 0.189. The molecule has 0 saturated carbocycles. The maximum absolute atomic E-state index is 14.4. The van der Waals surface area contributed by atoms with Crippen molar-refractivity contribution in [2.75, 3.05) is 51.1 Å². The van der Waals surface area contributed by atoms with Gasteiger partial charge in [-0.2, -0.15) is 8.78 Å². The maximum Gasteiger partial charge on any atom is 0.394 e. The molecule has 0 atom stereocenters. The van der Waals surface area contributed by atoms with Gasteiger partial charge in [0.2, 0.25) is 5.91 Å². The van der Waals surface area contributed by atoms with E-state index < -0.39 is 135 Å². The molecule has 10 aromatic rings. The Morgan fingerprint density at radius 2 is 0.677 bits per heavy atom. The molecule has 31 heteroatoms. The lowest BCUT2D eigenvalue weighted by molar-refractivity contribution is -0.159. The first-order valence-corrected chi connectivity index (χ1v) is 40.4. The summed E-state index contributed by atoms with van der Waals surface area (Å²) in [4.78, 5) is 119. The first kappa shape index (κ1) is 99.7. The smallest absolute Gasteiger partial charge is 0.394 e. The summed E-state index contributed by atoms with van der Waals surface area (Å²) in [5, 5.41) is 3.51. The van der Waals surface area contributed by atoms with E-state index in [0.717, 1.165) is 32.1 Å². The van der Waals surface area contributed by atoms with Crippen LogP contribution in [0.25, 0.3) is 34.4 Å². The quantitative estimate of drug-likeness (QED) is 0.0378. The normalized spacial score (nSPS) is 11.7. The van der Waals surface area contributed by atoms with Crippen LogP contribution in [-0.4, -0.2) is 108 Å². The Morgan fingerprint density at radius 3 is 1.01 bits per heavy atom. The molecule has 1 aliphatic heterocycles. The molecular formula is C96H89Cl4F8N5O14. The Bertz CT molecular complexity index is 5720. The van der Waals surface area contributed by atoms with Gasteiger partial charge in [0, 0.05) is 59.6 Å². The number of carbonyl (C=O) groups is 9. The van der Waals surface area contributed by atoms with Crippen LogP contribution in [0.2, 0.25) is 20.1 Å². The molecule has 10 aromatic carbocycles. The van der Waals surface area contributed by atoms with E-state index in [1.54, 1.807) is 192 Å². The Hall–Kier alpha value is -12.7. The van der Waals surface area contributed by atoms with Crippen LogP contribution in [0.1, 0.15) is 148 Å². The van der Waals surface area contributed by atoms with E-state index >= 15 is 0 Å². The van der Waals surface area contributed by atoms with Gasteiger partial charge < -0.3 is 29.0 Å². The summed E-state index contributed by atoms with van der Waals surface area (Å²) in [5.74, 6) is -14.3. The second-order valence-electron chi connectivity index (χ2n) is 32.3. The van der Waals surface area contributed by atoms with Gasteiger partial charge in [-0.1, -0.05) is 157 Å². The van der Waals surface area contributed by atoms with Gasteiger partial charge in [0.15, 0.2) is 0 Å². The van der Waals surface area contributed by atoms with Crippen LogP contribution < -0.4 is 29.7 Å². The van der Waals surface area contributed by atoms with Crippen molar-refractivity contribution in [3.63, 3.8) is 0 Å². The lowest BCUT2D eigenvalue weighted by Gasteiger charge is -2.26. The largest absolute Gasteiger partial charge is 0.459 e. The molecule has 1 heterocycles. The Kier molecular flexibility index (Phi) is 33.4. The van der Waals surface area contributed by atoms with Crippen LogP contribution in [0.15, 0.2) is 213 Å². The molecule has 1 aliphatic rings. The average Bonchev–Trinajstić information content (AvgIpc) is 0.834. The zero-order valence-corrected chi connectivity index (χ0v) is 74.2. The van der Waals surface area contributed by atoms with E-state index in [4.69, 9.17) is 65.4 Å². The first-order chi connectivity index (χ1) is 59.3. The molecular weight excluding hydrogens is 1740 g/mol. The zero-order valence-electron chi connectivity index (χ0n) is 71.2. The van der Waals surface area contributed by atoms with Crippen molar-refractivity contribution in [2.24, 2.45) is 0 Å². The fraction of sp³-hybridized carbons (Fsp3) is 0.240. The van der Waals surface area contributed by atoms with Crippen LogP contribution in [0.5, 0.6) is 5.75 Å². The summed E-state index contributed by atoms with van der Waals surface area (Å²) >= 11 is 24.8. The predicted octanol–water partition coefficient (Wildman–Crippen LogP) is 23.3. The zero-order chi connectivity index (χ0) is 94.1. The summed E-state index contributed by atoms with van der Waals surface area (Å²) in [5.41, 5.74) is 2.03. The molecule has 1 N–H and O–H groups in total. The molecule has 0 radical (unpaired) electrons. The molecule has 0 fully saturated rings. The Morgan fingerprint density at radius 1 is 0.370 bits per heavy atom.